The Labute approximate surface area is 179 Å². The first-order valence-electron chi connectivity index (χ1n) is 10.1. The number of para-hydroxylation sites is 1. The number of carbonyl (C=O) groups is 2. The number of carboxylic acid groups (broad SMARTS) is 1. The Morgan fingerprint density at radius 1 is 0.968 bits per heavy atom. The number of fused-ring (bicyclic) bond motifs is 4. The van der Waals surface area contributed by atoms with Crippen molar-refractivity contribution in [3.8, 4) is 16.9 Å². The number of amides is 1. The maximum atomic E-state index is 12.7. The normalized spacial score (nSPS) is 18.8. The molecular formula is C25H21NO5. The molecule has 6 nitrogen and oxygen atoms in total. The lowest BCUT2D eigenvalue weighted by Gasteiger charge is -2.34. The fourth-order valence-electron chi connectivity index (χ4n) is 4.47. The maximum absolute atomic E-state index is 12.7. The molecule has 5 rings (SSSR count). The summed E-state index contributed by atoms with van der Waals surface area (Å²) < 4.78 is 11.2. The second kappa shape index (κ2) is 7.47. The number of carbonyl (C=O) groups excluding carboxylic acids is 1. The standard InChI is InChI=1S/C25H21NO5/c27-23(28)25(13-16-7-1-6-12-22(16)31-15-25)26-24(29)30-14-21-19-10-4-2-8-17(19)18-9-3-5-11-20(18)21/h1-12,21H,13-15H2,(H,26,29)(H,27,28). The molecule has 6 heteroatoms. The third-order valence-electron chi connectivity index (χ3n) is 6.03. The van der Waals surface area contributed by atoms with Crippen LogP contribution in [0.4, 0.5) is 4.79 Å². The van der Waals surface area contributed by atoms with Crippen molar-refractivity contribution in [3.63, 3.8) is 0 Å². The van der Waals surface area contributed by atoms with Crippen LogP contribution in [-0.4, -0.2) is 35.9 Å². The lowest BCUT2D eigenvalue weighted by molar-refractivity contribution is -0.146. The van der Waals surface area contributed by atoms with E-state index in [1.807, 2.05) is 48.5 Å². The molecule has 0 spiro atoms. The fourth-order valence-corrected chi connectivity index (χ4v) is 4.47. The smallest absolute Gasteiger partial charge is 0.408 e. The third kappa shape index (κ3) is 3.30. The van der Waals surface area contributed by atoms with E-state index in [2.05, 4.69) is 17.4 Å². The van der Waals surface area contributed by atoms with Crippen LogP contribution in [0.25, 0.3) is 11.1 Å². The van der Waals surface area contributed by atoms with Crippen LogP contribution in [0.15, 0.2) is 72.8 Å². The Balaban J connectivity index is 1.33. The van der Waals surface area contributed by atoms with Gasteiger partial charge in [-0.1, -0.05) is 66.7 Å². The van der Waals surface area contributed by atoms with E-state index < -0.39 is 17.6 Å². The molecule has 1 aliphatic carbocycles. The maximum Gasteiger partial charge on any atom is 0.408 e. The van der Waals surface area contributed by atoms with Crippen LogP contribution in [0, 0.1) is 0 Å². The summed E-state index contributed by atoms with van der Waals surface area (Å²) in [4.78, 5) is 24.7. The summed E-state index contributed by atoms with van der Waals surface area (Å²) in [5.74, 6) is -0.619. The molecule has 1 amide bonds. The van der Waals surface area contributed by atoms with Gasteiger partial charge < -0.3 is 19.9 Å². The minimum atomic E-state index is -1.57. The molecule has 1 aliphatic heterocycles. The number of ether oxygens (including phenoxy) is 2. The highest BCUT2D eigenvalue weighted by molar-refractivity contribution is 5.86. The van der Waals surface area contributed by atoms with Gasteiger partial charge in [-0.3, -0.25) is 0 Å². The largest absolute Gasteiger partial charge is 0.490 e. The van der Waals surface area contributed by atoms with E-state index in [0.29, 0.717) is 5.75 Å². The van der Waals surface area contributed by atoms with Crippen LogP contribution in [0.3, 0.4) is 0 Å². The number of hydrogen-bond donors (Lipinski definition) is 2. The van der Waals surface area contributed by atoms with Gasteiger partial charge in [-0.25, -0.2) is 9.59 Å². The van der Waals surface area contributed by atoms with E-state index in [1.54, 1.807) is 12.1 Å². The highest BCUT2D eigenvalue weighted by Gasteiger charge is 2.45. The lowest BCUT2D eigenvalue weighted by atomic mass is 9.89. The molecule has 1 heterocycles. The van der Waals surface area contributed by atoms with Gasteiger partial charge in [0, 0.05) is 12.3 Å². The highest BCUT2D eigenvalue weighted by atomic mass is 16.6. The second-order valence-electron chi connectivity index (χ2n) is 7.91. The van der Waals surface area contributed by atoms with Crippen molar-refractivity contribution in [2.75, 3.05) is 13.2 Å². The molecule has 0 radical (unpaired) electrons. The minimum absolute atomic E-state index is 0.0951. The van der Waals surface area contributed by atoms with E-state index in [-0.39, 0.29) is 25.6 Å². The van der Waals surface area contributed by atoms with Gasteiger partial charge in [-0.2, -0.15) is 0 Å². The van der Waals surface area contributed by atoms with Crippen LogP contribution in [-0.2, 0) is 16.0 Å². The Kier molecular flexibility index (Phi) is 4.62. The summed E-state index contributed by atoms with van der Waals surface area (Å²) in [6, 6.07) is 23.3. The van der Waals surface area contributed by atoms with Gasteiger partial charge >= 0.3 is 12.1 Å². The van der Waals surface area contributed by atoms with Crippen LogP contribution in [0.1, 0.15) is 22.6 Å². The summed E-state index contributed by atoms with van der Waals surface area (Å²) >= 11 is 0. The average Bonchev–Trinajstić information content (AvgIpc) is 3.11. The minimum Gasteiger partial charge on any atom is -0.490 e. The van der Waals surface area contributed by atoms with Gasteiger partial charge in [-0.05, 0) is 33.9 Å². The highest BCUT2D eigenvalue weighted by Crippen LogP contribution is 2.44. The van der Waals surface area contributed by atoms with Gasteiger partial charge in [0.05, 0.1) is 0 Å². The Morgan fingerprint density at radius 3 is 2.26 bits per heavy atom. The van der Waals surface area contributed by atoms with Crippen molar-refractivity contribution in [2.45, 2.75) is 17.9 Å². The summed E-state index contributed by atoms with van der Waals surface area (Å²) in [7, 11) is 0. The first-order chi connectivity index (χ1) is 15.1. The molecule has 3 aromatic rings. The van der Waals surface area contributed by atoms with E-state index >= 15 is 0 Å². The van der Waals surface area contributed by atoms with Gasteiger partial charge in [0.15, 0.2) is 5.54 Å². The molecule has 156 valence electrons. The van der Waals surface area contributed by atoms with Crippen LogP contribution in [0.2, 0.25) is 0 Å². The molecule has 2 N–H and O–H groups in total. The molecular weight excluding hydrogens is 394 g/mol. The molecule has 1 unspecified atom stereocenters. The Morgan fingerprint density at radius 2 is 1.58 bits per heavy atom. The van der Waals surface area contributed by atoms with Crippen LogP contribution in [0.5, 0.6) is 5.75 Å². The van der Waals surface area contributed by atoms with Crippen molar-refractivity contribution in [1.82, 2.24) is 5.32 Å². The van der Waals surface area contributed by atoms with Crippen molar-refractivity contribution in [3.05, 3.63) is 89.5 Å². The molecule has 0 aromatic heterocycles. The predicted molar refractivity (Wildman–Crippen MR) is 114 cm³/mol. The van der Waals surface area contributed by atoms with Crippen LogP contribution < -0.4 is 10.1 Å². The molecule has 0 saturated carbocycles. The second-order valence-corrected chi connectivity index (χ2v) is 7.91. The Bertz CT molecular complexity index is 1130. The molecule has 0 fully saturated rings. The number of benzene rings is 3. The molecule has 3 aromatic carbocycles. The van der Waals surface area contributed by atoms with Crippen molar-refractivity contribution in [1.29, 1.82) is 0 Å². The monoisotopic (exact) mass is 415 g/mol. The average molecular weight is 415 g/mol. The van der Waals surface area contributed by atoms with Crippen molar-refractivity contribution in [2.24, 2.45) is 0 Å². The fraction of sp³-hybridized carbons (Fsp3) is 0.200. The first kappa shape index (κ1) is 19.2. The zero-order chi connectivity index (χ0) is 21.4. The summed E-state index contributed by atoms with van der Waals surface area (Å²) in [6.07, 6.45) is -0.643. The number of hydrogen-bond acceptors (Lipinski definition) is 4. The number of carboxylic acids is 1. The molecule has 2 aliphatic rings. The van der Waals surface area contributed by atoms with Crippen molar-refractivity contribution >= 4 is 12.1 Å². The molecule has 1 atom stereocenters. The number of rotatable bonds is 4. The van der Waals surface area contributed by atoms with Crippen molar-refractivity contribution < 1.29 is 24.2 Å². The zero-order valence-corrected chi connectivity index (χ0v) is 16.7. The van der Waals surface area contributed by atoms with Gasteiger partial charge in [0.2, 0.25) is 0 Å². The number of nitrogens with one attached hydrogen (secondary N) is 1. The molecule has 0 bridgehead atoms. The van der Waals surface area contributed by atoms with E-state index in [0.717, 1.165) is 27.8 Å². The third-order valence-corrected chi connectivity index (χ3v) is 6.03. The van der Waals surface area contributed by atoms with Gasteiger partial charge in [0.1, 0.15) is 19.0 Å². The lowest BCUT2D eigenvalue weighted by Crippen LogP contribution is -2.61. The topological polar surface area (TPSA) is 84.9 Å². The number of alkyl carbamates (subject to hydrolysis) is 1. The summed E-state index contributed by atoms with van der Waals surface area (Å²) in [5.41, 5.74) is 3.61. The van der Waals surface area contributed by atoms with Crippen LogP contribution >= 0.6 is 0 Å². The zero-order valence-electron chi connectivity index (χ0n) is 16.7. The summed E-state index contributed by atoms with van der Waals surface area (Å²) in [5, 5.41) is 12.4. The van der Waals surface area contributed by atoms with Gasteiger partial charge in [0.25, 0.3) is 0 Å². The summed E-state index contributed by atoms with van der Waals surface area (Å²) in [6.45, 7) is -0.0451. The first-order valence-corrected chi connectivity index (χ1v) is 10.1. The van der Waals surface area contributed by atoms with Gasteiger partial charge in [-0.15, -0.1) is 0 Å². The van der Waals surface area contributed by atoms with E-state index in [9.17, 15) is 14.7 Å². The Hall–Kier alpha value is -3.80. The molecule has 0 saturated heterocycles. The quantitative estimate of drug-likeness (QED) is 0.673. The van der Waals surface area contributed by atoms with E-state index in [1.165, 1.54) is 0 Å². The SMILES string of the molecule is O=C(NC1(C(=O)O)COc2ccccc2C1)OCC1c2ccccc2-c2ccccc21. The number of aliphatic carboxylic acids is 1. The predicted octanol–water partition coefficient (Wildman–Crippen LogP) is 3.98. The van der Waals surface area contributed by atoms with E-state index in [4.69, 9.17) is 9.47 Å². The molecule has 31 heavy (non-hydrogen) atoms.